The maximum Gasteiger partial charge on any atom is 0.255 e. The van der Waals surface area contributed by atoms with Crippen molar-refractivity contribution in [2.75, 3.05) is 13.1 Å². The number of alkyl halides is 2. The highest BCUT2D eigenvalue weighted by Gasteiger charge is 2.41. The van der Waals surface area contributed by atoms with Crippen molar-refractivity contribution in [1.82, 2.24) is 9.21 Å². The van der Waals surface area contributed by atoms with Crippen molar-refractivity contribution in [2.24, 2.45) is 0 Å². The Labute approximate surface area is 167 Å². The number of carbonyl (C=O) groups is 1. The Morgan fingerprint density at radius 2 is 1.96 bits per heavy atom. The molecule has 0 unspecified atom stereocenters. The minimum atomic E-state index is -3.92. The van der Waals surface area contributed by atoms with Gasteiger partial charge in [0.15, 0.2) is 0 Å². The molecule has 0 spiro atoms. The molecule has 9 heteroatoms. The van der Waals surface area contributed by atoms with Crippen LogP contribution in [0, 0.1) is 0 Å². The molecule has 28 heavy (non-hydrogen) atoms. The van der Waals surface area contributed by atoms with Gasteiger partial charge in [0.2, 0.25) is 5.91 Å². The summed E-state index contributed by atoms with van der Waals surface area (Å²) in [5.41, 5.74) is 1.69. The molecule has 1 amide bonds. The normalized spacial score (nSPS) is 17.5. The van der Waals surface area contributed by atoms with E-state index in [9.17, 15) is 22.0 Å². The summed E-state index contributed by atoms with van der Waals surface area (Å²) in [6, 6.07) is 9.41. The lowest BCUT2D eigenvalue weighted by Gasteiger charge is -2.37. The Kier molecular flexibility index (Phi) is 6.47. The van der Waals surface area contributed by atoms with Gasteiger partial charge in [0.05, 0.1) is 6.54 Å². The molecule has 1 aromatic carbocycles. The molecule has 2 aromatic rings. The van der Waals surface area contributed by atoms with Crippen molar-refractivity contribution in [2.45, 2.75) is 43.0 Å². The number of nitrogens with zero attached hydrogens (tertiary/aromatic N) is 2. The molecule has 0 bridgehead atoms. The second-order valence-electron chi connectivity index (χ2n) is 6.65. The summed E-state index contributed by atoms with van der Waals surface area (Å²) in [6.45, 7) is 1.30. The number of hydrogen-bond donors (Lipinski definition) is 0. The molecule has 0 fully saturated rings. The SMILES string of the molecule is CCCN(CC(F)F)C(=O)[C@@H]1Cc2ccccc2CN1S(=O)(=O)c1cccs1. The Balaban J connectivity index is 2.01. The average molecular weight is 429 g/mol. The summed E-state index contributed by atoms with van der Waals surface area (Å²) in [7, 11) is -3.92. The number of hydrogen-bond acceptors (Lipinski definition) is 4. The Bertz CT molecular complexity index is 917. The van der Waals surface area contributed by atoms with E-state index in [1.165, 1.54) is 6.07 Å². The number of thiophene rings is 1. The van der Waals surface area contributed by atoms with Crippen molar-refractivity contribution in [3.8, 4) is 0 Å². The highest BCUT2D eigenvalue weighted by atomic mass is 32.2. The third-order valence-electron chi connectivity index (χ3n) is 4.71. The van der Waals surface area contributed by atoms with Gasteiger partial charge in [-0.25, -0.2) is 17.2 Å². The van der Waals surface area contributed by atoms with Gasteiger partial charge in [-0.1, -0.05) is 37.3 Å². The summed E-state index contributed by atoms with van der Waals surface area (Å²) >= 11 is 1.07. The van der Waals surface area contributed by atoms with Crippen LogP contribution in [0.3, 0.4) is 0 Å². The molecule has 2 heterocycles. The van der Waals surface area contributed by atoms with Gasteiger partial charge in [-0.3, -0.25) is 4.79 Å². The summed E-state index contributed by atoms with van der Waals surface area (Å²) in [5.74, 6) is -0.572. The van der Waals surface area contributed by atoms with Crippen LogP contribution in [-0.4, -0.2) is 49.1 Å². The first-order valence-electron chi connectivity index (χ1n) is 9.03. The van der Waals surface area contributed by atoms with Crippen molar-refractivity contribution in [3.63, 3.8) is 0 Å². The largest absolute Gasteiger partial charge is 0.336 e. The molecule has 1 aromatic heterocycles. The maximum atomic E-state index is 13.2. The van der Waals surface area contributed by atoms with Gasteiger partial charge in [0.25, 0.3) is 16.4 Å². The number of rotatable bonds is 7. The van der Waals surface area contributed by atoms with E-state index in [0.717, 1.165) is 31.7 Å². The molecular weight excluding hydrogens is 406 g/mol. The third-order valence-corrected chi connectivity index (χ3v) is 7.94. The first-order chi connectivity index (χ1) is 13.3. The Morgan fingerprint density at radius 1 is 1.25 bits per heavy atom. The van der Waals surface area contributed by atoms with Crippen LogP contribution < -0.4 is 0 Å². The zero-order chi connectivity index (χ0) is 20.3. The van der Waals surface area contributed by atoms with E-state index in [1.54, 1.807) is 18.4 Å². The lowest BCUT2D eigenvalue weighted by molar-refractivity contribution is -0.137. The van der Waals surface area contributed by atoms with E-state index in [2.05, 4.69) is 0 Å². The summed E-state index contributed by atoms with van der Waals surface area (Å²) in [6.07, 6.45) is -1.99. The topological polar surface area (TPSA) is 57.7 Å². The molecule has 0 saturated heterocycles. The summed E-state index contributed by atoms with van der Waals surface area (Å²) in [4.78, 5) is 14.2. The zero-order valence-electron chi connectivity index (χ0n) is 15.4. The summed E-state index contributed by atoms with van der Waals surface area (Å²) < 4.78 is 53.7. The van der Waals surface area contributed by atoms with Crippen molar-refractivity contribution >= 4 is 27.3 Å². The minimum Gasteiger partial charge on any atom is -0.336 e. The van der Waals surface area contributed by atoms with Crippen LogP contribution in [0.4, 0.5) is 8.78 Å². The van der Waals surface area contributed by atoms with Crippen LogP contribution >= 0.6 is 11.3 Å². The predicted octanol–water partition coefficient (Wildman–Crippen LogP) is 3.37. The summed E-state index contributed by atoms with van der Waals surface area (Å²) in [5, 5.41) is 1.65. The van der Waals surface area contributed by atoms with Crippen molar-refractivity contribution in [1.29, 1.82) is 0 Å². The molecule has 3 rings (SSSR count). The van der Waals surface area contributed by atoms with Gasteiger partial charge in [-0.2, -0.15) is 4.31 Å². The quantitative estimate of drug-likeness (QED) is 0.680. The van der Waals surface area contributed by atoms with Gasteiger partial charge in [-0.15, -0.1) is 11.3 Å². The average Bonchev–Trinajstić information content (AvgIpc) is 3.21. The van der Waals surface area contributed by atoms with Gasteiger partial charge in [-0.05, 0) is 35.4 Å². The fourth-order valence-corrected chi connectivity index (χ4v) is 6.11. The van der Waals surface area contributed by atoms with E-state index < -0.39 is 34.9 Å². The van der Waals surface area contributed by atoms with E-state index in [1.807, 2.05) is 24.3 Å². The predicted molar refractivity (Wildman–Crippen MR) is 104 cm³/mol. The maximum absolute atomic E-state index is 13.2. The lowest BCUT2D eigenvalue weighted by atomic mass is 9.95. The van der Waals surface area contributed by atoms with E-state index in [0.29, 0.717) is 6.42 Å². The second-order valence-corrected chi connectivity index (χ2v) is 9.71. The number of sulfonamides is 1. The van der Waals surface area contributed by atoms with E-state index in [-0.39, 0.29) is 23.7 Å². The van der Waals surface area contributed by atoms with Crippen LogP contribution in [-0.2, 0) is 27.8 Å². The molecule has 152 valence electrons. The number of amides is 1. The van der Waals surface area contributed by atoms with Crippen LogP contribution in [0.2, 0.25) is 0 Å². The third kappa shape index (κ3) is 4.26. The molecule has 1 aliphatic rings. The minimum absolute atomic E-state index is 0.0431. The molecule has 0 N–H and O–H groups in total. The van der Waals surface area contributed by atoms with Crippen LogP contribution in [0.25, 0.3) is 0 Å². The Hall–Kier alpha value is -1.84. The van der Waals surface area contributed by atoms with Crippen LogP contribution in [0.1, 0.15) is 24.5 Å². The van der Waals surface area contributed by atoms with Gasteiger partial charge < -0.3 is 4.90 Å². The number of halogens is 2. The van der Waals surface area contributed by atoms with Gasteiger partial charge >= 0.3 is 0 Å². The van der Waals surface area contributed by atoms with Crippen molar-refractivity contribution < 1.29 is 22.0 Å². The smallest absolute Gasteiger partial charge is 0.255 e. The molecule has 0 aliphatic carbocycles. The monoisotopic (exact) mass is 428 g/mol. The molecule has 5 nitrogen and oxygen atoms in total. The fourth-order valence-electron chi connectivity index (χ4n) is 3.43. The number of benzene rings is 1. The second kappa shape index (κ2) is 8.67. The Morgan fingerprint density at radius 3 is 2.57 bits per heavy atom. The first-order valence-corrected chi connectivity index (χ1v) is 11.4. The first kappa shape index (κ1) is 20.9. The number of fused-ring (bicyclic) bond motifs is 1. The fraction of sp³-hybridized carbons (Fsp3) is 0.421. The van der Waals surface area contributed by atoms with Crippen LogP contribution in [0.5, 0.6) is 0 Å². The van der Waals surface area contributed by atoms with Crippen molar-refractivity contribution in [3.05, 3.63) is 52.9 Å². The van der Waals surface area contributed by atoms with Crippen LogP contribution in [0.15, 0.2) is 46.0 Å². The highest BCUT2D eigenvalue weighted by molar-refractivity contribution is 7.91. The lowest BCUT2D eigenvalue weighted by Crippen LogP contribution is -2.54. The molecule has 0 radical (unpaired) electrons. The molecular formula is C19H22F2N2O3S2. The van der Waals surface area contributed by atoms with Gasteiger partial charge in [0, 0.05) is 13.1 Å². The van der Waals surface area contributed by atoms with E-state index >= 15 is 0 Å². The van der Waals surface area contributed by atoms with E-state index in [4.69, 9.17) is 0 Å². The zero-order valence-corrected chi connectivity index (χ0v) is 17.1. The molecule has 0 saturated carbocycles. The standard InChI is InChI=1S/C19H22F2N2O3S2/c1-2-9-22(13-17(20)21)19(24)16-11-14-6-3-4-7-15(14)12-23(16)28(25,26)18-8-5-10-27-18/h3-8,10,16-17H,2,9,11-13H2,1H3/t16-/m0/s1. The number of carbonyl (C=O) groups excluding carboxylic acids is 1. The van der Waals surface area contributed by atoms with Gasteiger partial charge in [0.1, 0.15) is 10.3 Å². The highest BCUT2D eigenvalue weighted by Crippen LogP contribution is 2.31. The molecule has 1 atom stereocenters. The molecule has 1 aliphatic heterocycles.